The first-order valence-corrected chi connectivity index (χ1v) is 8.18. The average Bonchev–Trinajstić information content (AvgIpc) is 2.92. The van der Waals surface area contributed by atoms with Gasteiger partial charge in [-0.2, -0.15) is 0 Å². The van der Waals surface area contributed by atoms with E-state index in [-0.39, 0.29) is 17.1 Å². The lowest BCUT2D eigenvalue weighted by atomic mass is 9.75. The van der Waals surface area contributed by atoms with Crippen LogP contribution < -0.4 is 10.6 Å². The molecular weight excluding hydrogens is 302 g/mol. The molecule has 0 spiro atoms. The molecule has 3 N–H and O–H groups in total. The van der Waals surface area contributed by atoms with E-state index in [0.717, 1.165) is 29.9 Å². The summed E-state index contributed by atoms with van der Waals surface area (Å²) in [5.41, 5.74) is 3.66. The van der Waals surface area contributed by atoms with Crippen LogP contribution in [0.2, 0.25) is 0 Å². The van der Waals surface area contributed by atoms with E-state index in [1.54, 1.807) is 6.20 Å². The van der Waals surface area contributed by atoms with Crippen molar-refractivity contribution in [3.8, 4) is 0 Å². The largest absolute Gasteiger partial charge is 0.364 e. The third-order valence-electron chi connectivity index (χ3n) is 4.37. The fourth-order valence-electron chi connectivity index (χ4n) is 3.28. The van der Waals surface area contributed by atoms with E-state index in [1.807, 2.05) is 31.3 Å². The Morgan fingerprint density at radius 2 is 1.92 bits per heavy atom. The number of amides is 1. The molecule has 0 unspecified atom stereocenters. The lowest BCUT2D eigenvalue weighted by molar-refractivity contribution is 0.0902. The van der Waals surface area contributed by atoms with Crippen molar-refractivity contribution in [3.05, 3.63) is 52.8 Å². The minimum absolute atomic E-state index is 0.0389. The SMILES string of the molecule is CNCc1ccc(NC(=O)c2c[nH]c3c2C(=O)CC(C)(C)C3)cc1. The van der Waals surface area contributed by atoms with Gasteiger partial charge in [-0.25, -0.2) is 0 Å². The molecule has 1 aromatic heterocycles. The number of rotatable bonds is 4. The Bertz CT molecular complexity index is 772. The number of carbonyl (C=O) groups is 2. The molecule has 1 aliphatic carbocycles. The van der Waals surface area contributed by atoms with Gasteiger partial charge < -0.3 is 15.6 Å². The molecule has 1 amide bonds. The van der Waals surface area contributed by atoms with Gasteiger partial charge in [-0.1, -0.05) is 26.0 Å². The maximum Gasteiger partial charge on any atom is 0.257 e. The second-order valence-electron chi connectivity index (χ2n) is 7.18. The van der Waals surface area contributed by atoms with Crippen LogP contribution in [-0.4, -0.2) is 23.7 Å². The first-order valence-electron chi connectivity index (χ1n) is 8.18. The summed E-state index contributed by atoms with van der Waals surface area (Å²) in [5.74, 6) is -0.209. The van der Waals surface area contributed by atoms with E-state index in [1.165, 1.54) is 0 Å². The number of hydrogen-bond donors (Lipinski definition) is 3. The Kier molecular flexibility index (Phi) is 4.28. The number of aromatic nitrogens is 1. The predicted molar refractivity (Wildman–Crippen MR) is 94.4 cm³/mol. The molecule has 1 aromatic carbocycles. The number of aromatic amines is 1. The Balaban J connectivity index is 1.79. The van der Waals surface area contributed by atoms with Gasteiger partial charge in [0.2, 0.25) is 0 Å². The van der Waals surface area contributed by atoms with E-state index in [9.17, 15) is 9.59 Å². The van der Waals surface area contributed by atoms with E-state index >= 15 is 0 Å². The van der Waals surface area contributed by atoms with Crippen molar-refractivity contribution in [1.29, 1.82) is 0 Å². The van der Waals surface area contributed by atoms with Gasteiger partial charge >= 0.3 is 0 Å². The van der Waals surface area contributed by atoms with Crippen molar-refractivity contribution in [2.75, 3.05) is 12.4 Å². The van der Waals surface area contributed by atoms with Crippen LogP contribution in [0.15, 0.2) is 30.5 Å². The summed E-state index contributed by atoms with van der Waals surface area (Å²) in [6, 6.07) is 7.67. The molecule has 0 bridgehead atoms. The normalized spacial score (nSPS) is 15.9. The maximum absolute atomic E-state index is 12.6. The standard InChI is InChI=1S/C19H23N3O2/c1-19(2)8-15-17(16(23)9-19)14(11-21-15)18(24)22-13-6-4-12(5-7-13)10-20-3/h4-7,11,20-21H,8-10H2,1-3H3,(H,22,24). The van der Waals surface area contributed by atoms with Crippen molar-refractivity contribution >= 4 is 17.4 Å². The molecule has 0 saturated carbocycles. The molecule has 2 aromatic rings. The summed E-state index contributed by atoms with van der Waals surface area (Å²) in [7, 11) is 1.89. The van der Waals surface area contributed by atoms with Gasteiger partial charge in [0.05, 0.1) is 11.1 Å². The molecule has 1 heterocycles. The third kappa shape index (κ3) is 3.26. The van der Waals surface area contributed by atoms with Crippen LogP contribution in [0.4, 0.5) is 5.69 Å². The molecule has 0 radical (unpaired) electrons. The van der Waals surface area contributed by atoms with Crippen molar-refractivity contribution in [1.82, 2.24) is 10.3 Å². The molecule has 5 nitrogen and oxygen atoms in total. The second-order valence-corrected chi connectivity index (χ2v) is 7.18. The minimum atomic E-state index is -0.248. The lowest BCUT2D eigenvalue weighted by Gasteiger charge is -2.28. The highest BCUT2D eigenvalue weighted by atomic mass is 16.2. The van der Waals surface area contributed by atoms with Crippen molar-refractivity contribution < 1.29 is 9.59 Å². The first kappa shape index (κ1) is 16.5. The van der Waals surface area contributed by atoms with E-state index in [2.05, 4.69) is 29.5 Å². The quantitative estimate of drug-likeness (QED) is 0.808. The van der Waals surface area contributed by atoms with Crippen LogP contribution >= 0.6 is 0 Å². The third-order valence-corrected chi connectivity index (χ3v) is 4.37. The fraction of sp³-hybridized carbons (Fsp3) is 0.368. The van der Waals surface area contributed by atoms with Gasteiger partial charge in [0, 0.05) is 30.5 Å². The smallest absolute Gasteiger partial charge is 0.257 e. The fourth-order valence-corrected chi connectivity index (χ4v) is 3.28. The van der Waals surface area contributed by atoms with Crippen LogP contribution in [0.5, 0.6) is 0 Å². The molecule has 24 heavy (non-hydrogen) atoms. The molecule has 1 aliphatic rings. The topological polar surface area (TPSA) is 74.0 Å². The Labute approximate surface area is 141 Å². The monoisotopic (exact) mass is 325 g/mol. The molecule has 0 fully saturated rings. The zero-order valence-corrected chi connectivity index (χ0v) is 14.3. The van der Waals surface area contributed by atoms with Crippen molar-refractivity contribution in [2.24, 2.45) is 5.41 Å². The summed E-state index contributed by atoms with van der Waals surface area (Å²) in [6.07, 6.45) is 2.89. The average molecular weight is 325 g/mol. The van der Waals surface area contributed by atoms with Gasteiger partial charge in [0.15, 0.2) is 5.78 Å². The Morgan fingerprint density at radius 1 is 1.21 bits per heavy atom. The van der Waals surface area contributed by atoms with Crippen LogP contribution in [0.1, 0.15) is 52.2 Å². The highest BCUT2D eigenvalue weighted by Crippen LogP contribution is 2.35. The number of fused-ring (bicyclic) bond motifs is 1. The van der Waals surface area contributed by atoms with Gasteiger partial charge in [-0.05, 0) is 36.6 Å². The summed E-state index contributed by atoms with van der Waals surface area (Å²) >= 11 is 0. The summed E-state index contributed by atoms with van der Waals surface area (Å²) in [4.78, 5) is 28.1. The van der Waals surface area contributed by atoms with Gasteiger partial charge in [-0.15, -0.1) is 0 Å². The van der Waals surface area contributed by atoms with E-state index in [4.69, 9.17) is 0 Å². The number of nitrogens with one attached hydrogen (secondary N) is 3. The summed E-state index contributed by atoms with van der Waals surface area (Å²) < 4.78 is 0. The lowest BCUT2D eigenvalue weighted by Crippen LogP contribution is -2.28. The molecule has 5 heteroatoms. The number of H-pyrrole nitrogens is 1. The highest BCUT2D eigenvalue weighted by Gasteiger charge is 2.35. The Morgan fingerprint density at radius 3 is 2.58 bits per heavy atom. The minimum Gasteiger partial charge on any atom is -0.364 e. The number of carbonyl (C=O) groups excluding carboxylic acids is 2. The molecule has 126 valence electrons. The number of Topliss-reactive ketones (excluding diaryl/α,β-unsaturated/α-hetero) is 1. The predicted octanol–water partition coefficient (Wildman–Crippen LogP) is 3.14. The summed E-state index contributed by atoms with van der Waals surface area (Å²) in [6.45, 7) is 4.92. The van der Waals surface area contributed by atoms with Gasteiger partial charge in [-0.3, -0.25) is 9.59 Å². The number of ketones is 1. The molecule has 0 aliphatic heterocycles. The van der Waals surface area contributed by atoms with Crippen LogP contribution in [0, 0.1) is 5.41 Å². The Hall–Kier alpha value is -2.40. The molecular formula is C19H23N3O2. The molecule has 0 saturated heterocycles. The second kappa shape index (κ2) is 6.24. The van der Waals surface area contributed by atoms with Gasteiger partial charge in [0.1, 0.15) is 0 Å². The zero-order chi connectivity index (χ0) is 17.3. The van der Waals surface area contributed by atoms with Crippen LogP contribution in [0.3, 0.4) is 0 Å². The molecule has 0 atom stereocenters. The van der Waals surface area contributed by atoms with E-state index < -0.39 is 0 Å². The number of anilines is 1. The van der Waals surface area contributed by atoms with Gasteiger partial charge in [0.25, 0.3) is 5.91 Å². The maximum atomic E-state index is 12.6. The van der Waals surface area contributed by atoms with E-state index in [0.29, 0.717) is 17.5 Å². The zero-order valence-electron chi connectivity index (χ0n) is 14.3. The van der Waals surface area contributed by atoms with Crippen molar-refractivity contribution in [2.45, 2.75) is 33.2 Å². The number of hydrogen-bond acceptors (Lipinski definition) is 3. The van der Waals surface area contributed by atoms with Crippen molar-refractivity contribution in [3.63, 3.8) is 0 Å². The van der Waals surface area contributed by atoms with Crippen LogP contribution in [-0.2, 0) is 13.0 Å². The summed E-state index contributed by atoms with van der Waals surface area (Å²) in [5, 5.41) is 5.96. The molecule has 3 rings (SSSR count). The number of benzene rings is 1. The van der Waals surface area contributed by atoms with Crippen LogP contribution in [0.25, 0.3) is 0 Å². The highest BCUT2D eigenvalue weighted by molar-refractivity contribution is 6.13. The first-order chi connectivity index (χ1) is 11.4.